The number of methoxy groups -OCH3 is 1. The van der Waals surface area contributed by atoms with Crippen molar-refractivity contribution in [1.29, 1.82) is 0 Å². The molecular weight excluding hydrogens is 392 g/mol. The van der Waals surface area contributed by atoms with Gasteiger partial charge in [-0.05, 0) is 55.2 Å². The zero-order chi connectivity index (χ0) is 21.6. The highest BCUT2D eigenvalue weighted by molar-refractivity contribution is 6.01. The lowest BCUT2D eigenvalue weighted by Crippen LogP contribution is -2.32. The van der Waals surface area contributed by atoms with E-state index < -0.39 is 12.5 Å². The van der Waals surface area contributed by atoms with Crippen molar-refractivity contribution in [3.8, 4) is 5.75 Å². The Morgan fingerprint density at radius 3 is 2.53 bits per heavy atom. The number of ether oxygens (including phenoxy) is 1. The molecule has 2 rings (SSSR count). The van der Waals surface area contributed by atoms with Gasteiger partial charge in [-0.25, -0.2) is 0 Å². The van der Waals surface area contributed by atoms with Gasteiger partial charge in [-0.15, -0.1) is 0 Å². The van der Waals surface area contributed by atoms with Gasteiger partial charge in [0.25, 0.3) is 0 Å². The van der Waals surface area contributed by atoms with Gasteiger partial charge in [0, 0.05) is 28.9 Å². The second kappa shape index (κ2) is 11.9. The summed E-state index contributed by atoms with van der Waals surface area (Å²) in [5, 5.41) is 29.4. The third-order valence-corrected chi connectivity index (χ3v) is 5.67. The van der Waals surface area contributed by atoms with Crippen molar-refractivity contribution in [3.05, 3.63) is 28.8 Å². The number of benzene rings is 1. The molecule has 1 aromatic rings. The van der Waals surface area contributed by atoms with Crippen molar-refractivity contribution in [3.63, 3.8) is 0 Å². The molecule has 1 aliphatic carbocycles. The van der Waals surface area contributed by atoms with Crippen LogP contribution in [0.25, 0.3) is 0 Å². The highest BCUT2D eigenvalue weighted by Crippen LogP contribution is 2.38. The molecule has 0 amide bonds. The number of Topliss-reactive ketones (excluding diaryl/α,β-unsaturated/α-hetero) is 3. The van der Waals surface area contributed by atoms with Crippen LogP contribution < -0.4 is 0 Å². The Balaban J connectivity index is 0. The minimum Gasteiger partial charge on any atom is -0.507 e. The van der Waals surface area contributed by atoms with Crippen molar-refractivity contribution < 1.29 is 42.8 Å². The quantitative estimate of drug-likeness (QED) is 0.451. The van der Waals surface area contributed by atoms with Crippen LogP contribution in [0, 0.1) is 17.8 Å². The van der Waals surface area contributed by atoms with Crippen molar-refractivity contribution >= 4 is 17.3 Å². The van der Waals surface area contributed by atoms with Crippen LogP contribution in [-0.4, -0.2) is 58.5 Å². The number of rotatable bonds is 11. The van der Waals surface area contributed by atoms with Crippen LogP contribution in [0.4, 0.5) is 0 Å². The Morgan fingerprint density at radius 1 is 1.27 bits per heavy atom. The Morgan fingerprint density at radius 2 is 1.97 bits per heavy atom. The standard InChI is InChI=1S/C22H30O7.H2O.2H2/c1-13(25)7-20(27)18(11-24)15(5-6-23)8-14-9-17-16(12-29-2)3-4-19(26)22(17)21(28)10-14;;;/h3-4,14-15,18,23-24,26H,5-12H2,1-2H3;1H2;2*1H. The van der Waals surface area contributed by atoms with Crippen LogP contribution in [0.2, 0.25) is 0 Å². The molecule has 0 aromatic heterocycles. The van der Waals surface area contributed by atoms with Gasteiger partial charge in [0.15, 0.2) is 5.78 Å². The molecule has 8 nitrogen and oxygen atoms in total. The van der Waals surface area contributed by atoms with Gasteiger partial charge in [0.1, 0.15) is 17.3 Å². The maximum absolute atomic E-state index is 12.7. The normalized spacial score (nSPS) is 17.6. The summed E-state index contributed by atoms with van der Waals surface area (Å²) in [6.45, 7) is 1.10. The molecule has 0 radical (unpaired) electrons. The lowest BCUT2D eigenvalue weighted by Gasteiger charge is -2.31. The first kappa shape index (κ1) is 25.9. The average molecular weight is 429 g/mol. The van der Waals surface area contributed by atoms with Crippen LogP contribution in [0.15, 0.2) is 12.1 Å². The zero-order valence-electron chi connectivity index (χ0n) is 17.5. The summed E-state index contributed by atoms with van der Waals surface area (Å²) in [5.74, 6) is -1.98. The largest absolute Gasteiger partial charge is 0.507 e. The van der Waals surface area contributed by atoms with Crippen molar-refractivity contribution in [1.82, 2.24) is 0 Å². The molecule has 0 spiro atoms. The van der Waals surface area contributed by atoms with Gasteiger partial charge >= 0.3 is 0 Å². The van der Waals surface area contributed by atoms with Crippen LogP contribution in [0.3, 0.4) is 0 Å². The van der Waals surface area contributed by atoms with Crippen LogP contribution in [0.5, 0.6) is 5.75 Å². The van der Waals surface area contributed by atoms with E-state index in [1.807, 2.05) is 0 Å². The van der Waals surface area contributed by atoms with Gasteiger partial charge in [0.05, 0.1) is 25.2 Å². The number of ketones is 3. The predicted molar refractivity (Wildman–Crippen MR) is 113 cm³/mol. The van der Waals surface area contributed by atoms with E-state index in [4.69, 9.17) is 4.74 Å². The predicted octanol–water partition coefficient (Wildman–Crippen LogP) is 1.50. The number of hydrogen-bond donors (Lipinski definition) is 3. The first-order valence-corrected chi connectivity index (χ1v) is 9.92. The summed E-state index contributed by atoms with van der Waals surface area (Å²) in [4.78, 5) is 36.5. The number of carbonyl (C=O) groups excluding carboxylic acids is 3. The summed E-state index contributed by atoms with van der Waals surface area (Å²) in [6, 6.07) is 3.24. The van der Waals surface area contributed by atoms with E-state index in [-0.39, 0.29) is 62.7 Å². The SMILES string of the molecule is COCc1ccc(O)c2c1CC(CC(CCO)C(CO)C(=O)CC(C)=O)CC2=O.O.[HH].[HH]. The highest BCUT2D eigenvalue weighted by Gasteiger charge is 2.34. The lowest BCUT2D eigenvalue weighted by atomic mass is 9.73. The number of aliphatic hydroxyl groups is 2. The molecule has 3 unspecified atom stereocenters. The summed E-state index contributed by atoms with van der Waals surface area (Å²) in [7, 11) is 1.56. The minimum absolute atomic E-state index is 0. The number of aliphatic hydroxyl groups excluding tert-OH is 2. The van der Waals surface area contributed by atoms with Crippen molar-refractivity contribution in [2.45, 2.75) is 45.6 Å². The van der Waals surface area contributed by atoms with E-state index in [9.17, 15) is 29.7 Å². The molecule has 1 aromatic carbocycles. The van der Waals surface area contributed by atoms with E-state index in [2.05, 4.69) is 0 Å². The molecule has 0 fully saturated rings. The molecule has 30 heavy (non-hydrogen) atoms. The smallest absolute Gasteiger partial charge is 0.167 e. The Kier molecular flexibility index (Phi) is 10.3. The van der Waals surface area contributed by atoms with Gasteiger partial charge in [-0.3, -0.25) is 14.4 Å². The molecule has 5 N–H and O–H groups in total. The van der Waals surface area contributed by atoms with Crippen LogP contribution in [-0.2, 0) is 27.4 Å². The van der Waals surface area contributed by atoms with E-state index in [0.29, 0.717) is 31.4 Å². The molecule has 172 valence electrons. The fourth-order valence-corrected chi connectivity index (χ4v) is 4.37. The third-order valence-electron chi connectivity index (χ3n) is 5.67. The van der Waals surface area contributed by atoms with Crippen LogP contribution >= 0.6 is 0 Å². The first-order chi connectivity index (χ1) is 13.8. The molecule has 8 heteroatoms. The number of phenols is 1. The summed E-state index contributed by atoms with van der Waals surface area (Å²) in [5.41, 5.74) is 1.93. The first-order valence-electron chi connectivity index (χ1n) is 9.92. The Labute approximate surface area is 179 Å². The van der Waals surface area contributed by atoms with Gasteiger partial charge in [-0.2, -0.15) is 0 Å². The monoisotopic (exact) mass is 428 g/mol. The summed E-state index contributed by atoms with van der Waals surface area (Å²) in [6.07, 6.45) is 1.28. The Bertz CT molecular complexity index is 769. The fourth-order valence-electron chi connectivity index (χ4n) is 4.37. The molecule has 0 aliphatic heterocycles. The maximum Gasteiger partial charge on any atom is 0.167 e. The van der Waals surface area contributed by atoms with Crippen LogP contribution in [0.1, 0.15) is 56.9 Å². The number of hydrogen-bond acceptors (Lipinski definition) is 7. The number of aromatic hydroxyl groups is 1. The molecule has 3 atom stereocenters. The molecule has 0 bridgehead atoms. The van der Waals surface area contributed by atoms with E-state index in [1.165, 1.54) is 13.0 Å². The topological polar surface area (TPSA) is 153 Å². The fraction of sp³-hybridized carbons (Fsp3) is 0.591. The molecule has 0 heterocycles. The maximum atomic E-state index is 12.7. The molecule has 1 aliphatic rings. The number of phenolic OH excluding ortho intramolecular Hbond substituents is 1. The van der Waals surface area contributed by atoms with Gasteiger partial charge in [0.2, 0.25) is 0 Å². The minimum atomic E-state index is -0.745. The number of carbonyl (C=O) groups is 3. The summed E-state index contributed by atoms with van der Waals surface area (Å²) >= 11 is 0. The van der Waals surface area contributed by atoms with Gasteiger partial charge in [-0.1, -0.05) is 6.07 Å². The Hall–Kier alpha value is -2.13. The van der Waals surface area contributed by atoms with E-state index in [0.717, 1.165) is 11.1 Å². The number of fused-ring (bicyclic) bond motifs is 1. The van der Waals surface area contributed by atoms with E-state index >= 15 is 0 Å². The highest BCUT2D eigenvalue weighted by atomic mass is 16.5. The van der Waals surface area contributed by atoms with Crippen molar-refractivity contribution in [2.75, 3.05) is 20.3 Å². The molecule has 0 saturated heterocycles. The molecule has 0 saturated carbocycles. The van der Waals surface area contributed by atoms with Gasteiger partial charge < -0.3 is 25.5 Å². The zero-order valence-corrected chi connectivity index (χ0v) is 17.5. The van der Waals surface area contributed by atoms with Crippen molar-refractivity contribution in [2.24, 2.45) is 17.8 Å². The van der Waals surface area contributed by atoms with E-state index in [1.54, 1.807) is 13.2 Å². The lowest BCUT2D eigenvalue weighted by molar-refractivity contribution is -0.131. The second-order valence-corrected chi connectivity index (χ2v) is 7.87. The summed E-state index contributed by atoms with van der Waals surface area (Å²) < 4.78 is 5.21. The average Bonchev–Trinajstić information content (AvgIpc) is 2.64. The molecular formula is C22H36O8. The third kappa shape index (κ3) is 6.18. The second-order valence-electron chi connectivity index (χ2n) is 7.87.